The Labute approximate surface area is 227 Å². The molecule has 2 N–H and O–H groups in total. The van der Waals surface area contributed by atoms with E-state index in [0.29, 0.717) is 35.5 Å². The first kappa shape index (κ1) is 27.8. The lowest BCUT2D eigenvalue weighted by Gasteiger charge is -2.29. The summed E-state index contributed by atoms with van der Waals surface area (Å²) in [5, 5.41) is 5.48. The molecule has 1 saturated carbocycles. The number of nitrogens with one attached hydrogen (secondary N) is 2. The van der Waals surface area contributed by atoms with Crippen molar-refractivity contribution < 1.29 is 18.7 Å². The normalized spacial score (nSPS) is 16.7. The van der Waals surface area contributed by atoms with Crippen LogP contribution in [0.4, 0.5) is 10.3 Å². The number of nitrogens with zero attached hydrogens (tertiary/aromatic N) is 3. The Morgan fingerprint density at radius 3 is 2.44 bits per heavy atom. The zero-order chi connectivity index (χ0) is 27.8. The number of pyridine rings is 1. The van der Waals surface area contributed by atoms with E-state index in [1.807, 2.05) is 44.2 Å². The average molecular weight is 532 g/mol. The number of hydrogen-bond donors (Lipinski definition) is 2. The summed E-state index contributed by atoms with van der Waals surface area (Å²) in [4.78, 5) is 31.3. The van der Waals surface area contributed by atoms with Crippen LogP contribution in [0.5, 0.6) is 11.6 Å². The Morgan fingerprint density at radius 2 is 1.82 bits per heavy atom. The maximum absolute atomic E-state index is 13.3. The number of ether oxygens (including phenoxy) is 1. The van der Waals surface area contributed by atoms with Gasteiger partial charge in [0, 0.05) is 36.0 Å². The molecule has 0 aliphatic heterocycles. The molecule has 0 unspecified atom stereocenters. The molecule has 0 saturated heterocycles. The first-order chi connectivity index (χ1) is 18.8. The van der Waals surface area contributed by atoms with E-state index in [-0.39, 0.29) is 23.8 Å². The van der Waals surface area contributed by atoms with Gasteiger partial charge in [-0.2, -0.15) is 0 Å². The molecule has 2 amide bonds. The van der Waals surface area contributed by atoms with Crippen LogP contribution in [0.25, 0.3) is 11.0 Å². The number of halogens is 1. The molecule has 0 bridgehead atoms. The number of hydrogen-bond acceptors (Lipinski definition) is 5. The molecule has 2 aromatic carbocycles. The van der Waals surface area contributed by atoms with Crippen LogP contribution in [0.2, 0.25) is 0 Å². The second-order valence-corrected chi connectivity index (χ2v) is 10.0. The van der Waals surface area contributed by atoms with Gasteiger partial charge in [0.2, 0.25) is 18.2 Å². The molecular weight excluding hydrogens is 497 g/mol. The average Bonchev–Trinajstić information content (AvgIpc) is 3.27. The number of benzene rings is 2. The number of fused-ring (bicyclic) bond motifs is 1. The van der Waals surface area contributed by atoms with E-state index in [1.165, 1.54) is 24.3 Å². The third-order valence-corrected chi connectivity index (χ3v) is 6.60. The fraction of sp³-hybridized carbons (Fsp3) is 0.333. The van der Waals surface area contributed by atoms with Gasteiger partial charge in [0.25, 0.3) is 5.91 Å². The number of anilines is 1. The number of imidazole rings is 1. The number of amides is 2. The highest BCUT2D eigenvalue weighted by Crippen LogP contribution is 2.37. The number of aromatic nitrogens is 3. The summed E-state index contributed by atoms with van der Waals surface area (Å²) in [5.74, 6) is 1.66. The third kappa shape index (κ3) is 7.40. The fourth-order valence-electron chi connectivity index (χ4n) is 4.53. The van der Waals surface area contributed by atoms with Crippen LogP contribution in [0, 0.1) is 11.7 Å². The maximum atomic E-state index is 13.3. The molecule has 0 atom stereocenters. The smallest absolute Gasteiger partial charge is 0.257 e. The van der Waals surface area contributed by atoms with E-state index in [2.05, 4.69) is 27.1 Å². The lowest BCUT2D eigenvalue weighted by molar-refractivity contribution is -0.109. The molecule has 0 spiro atoms. The third-order valence-electron chi connectivity index (χ3n) is 6.60. The van der Waals surface area contributed by atoms with E-state index < -0.39 is 0 Å². The Balaban J connectivity index is 0.000000531. The summed E-state index contributed by atoms with van der Waals surface area (Å²) in [6.07, 6.45) is 6.66. The molecule has 39 heavy (non-hydrogen) atoms. The van der Waals surface area contributed by atoms with Gasteiger partial charge in [-0.05, 0) is 87.9 Å². The van der Waals surface area contributed by atoms with Gasteiger partial charge < -0.3 is 14.6 Å². The molecule has 8 nitrogen and oxygen atoms in total. The molecule has 0 radical (unpaired) electrons. The molecule has 1 aliphatic carbocycles. The van der Waals surface area contributed by atoms with Gasteiger partial charge >= 0.3 is 0 Å². The minimum Gasteiger partial charge on any atom is -0.439 e. The highest BCUT2D eigenvalue weighted by Gasteiger charge is 2.25. The summed E-state index contributed by atoms with van der Waals surface area (Å²) >= 11 is 0. The number of carbonyl (C=O) groups is 2. The second kappa shape index (κ2) is 13.0. The molecule has 4 aromatic rings. The molecule has 9 heteroatoms. The van der Waals surface area contributed by atoms with Crippen molar-refractivity contribution in [2.75, 3.05) is 5.32 Å². The van der Waals surface area contributed by atoms with Crippen molar-refractivity contribution >= 4 is 29.3 Å². The predicted octanol–water partition coefficient (Wildman–Crippen LogP) is 6.51. The Hall–Kier alpha value is -4.27. The van der Waals surface area contributed by atoms with Crippen LogP contribution in [0.3, 0.4) is 0 Å². The van der Waals surface area contributed by atoms with Crippen molar-refractivity contribution in [2.24, 2.45) is 5.92 Å². The zero-order valence-corrected chi connectivity index (χ0v) is 22.4. The van der Waals surface area contributed by atoms with Crippen molar-refractivity contribution in [3.05, 3.63) is 78.2 Å². The number of rotatable bonds is 7. The summed E-state index contributed by atoms with van der Waals surface area (Å²) in [6, 6.07) is 17.2. The van der Waals surface area contributed by atoms with Crippen molar-refractivity contribution in [3.8, 4) is 11.6 Å². The van der Waals surface area contributed by atoms with E-state index in [4.69, 9.17) is 9.72 Å². The van der Waals surface area contributed by atoms with Crippen LogP contribution in [-0.4, -0.2) is 32.9 Å². The fourth-order valence-corrected chi connectivity index (χ4v) is 4.53. The summed E-state index contributed by atoms with van der Waals surface area (Å²) < 4.78 is 21.3. The van der Waals surface area contributed by atoms with Crippen LogP contribution in [0.1, 0.15) is 62.9 Å². The quantitative estimate of drug-likeness (QED) is 0.265. The lowest BCUT2D eigenvalue weighted by Crippen LogP contribution is -2.21. The topological polar surface area (TPSA) is 98.1 Å². The van der Waals surface area contributed by atoms with Crippen molar-refractivity contribution in [1.29, 1.82) is 0 Å². The van der Waals surface area contributed by atoms with Gasteiger partial charge in [-0.25, -0.2) is 14.4 Å². The molecule has 2 aromatic heterocycles. The van der Waals surface area contributed by atoms with Gasteiger partial charge in [-0.3, -0.25) is 14.9 Å². The highest BCUT2D eigenvalue weighted by atomic mass is 19.1. The van der Waals surface area contributed by atoms with Crippen LogP contribution in [-0.2, 0) is 4.79 Å². The molecule has 1 fully saturated rings. The highest BCUT2D eigenvalue weighted by molar-refractivity contribution is 6.04. The van der Waals surface area contributed by atoms with Crippen molar-refractivity contribution in [1.82, 2.24) is 19.9 Å². The SMILES string of the molecule is CC(C)NC=O.CC1CCC(n2c(NC(=O)c3ccc(F)cc3)nc3ccc(Oc4ccccn4)cc32)CC1. The molecule has 204 valence electrons. The van der Waals surface area contributed by atoms with Gasteiger partial charge in [-0.1, -0.05) is 13.0 Å². The largest absolute Gasteiger partial charge is 0.439 e. The van der Waals surface area contributed by atoms with E-state index >= 15 is 0 Å². The van der Waals surface area contributed by atoms with E-state index in [0.717, 1.165) is 36.7 Å². The van der Waals surface area contributed by atoms with Crippen LogP contribution in [0.15, 0.2) is 66.9 Å². The summed E-state index contributed by atoms with van der Waals surface area (Å²) in [5.41, 5.74) is 2.06. The van der Waals surface area contributed by atoms with Gasteiger partial charge in [0.15, 0.2) is 0 Å². The summed E-state index contributed by atoms with van der Waals surface area (Å²) in [6.45, 7) is 6.10. The first-order valence-corrected chi connectivity index (χ1v) is 13.2. The standard InChI is InChI=1S/C26H25FN4O2.C4H9NO/c1-17-5-11-20(12-6-17)31-23-16-21(33-24-4-2-3-15-28-24)13-14-22(23)29-26(31)30-25(32)18-7-9-19(27)10-8-18;1-4(2)5-3-6/h2-4,7-10,13-17,20H,5-6,11-12H2,1H3,(H,29,30,32);3-4H,1-2H3,(H,5,6). The molecule has 1 aliphatic rings. The van der Waals surface area contributed by atoms with Gasteiger partial charge in [-0.15, -0.1) is 0 Å². The predicted molar refractivity (Wildman–Crippen MR) is 149 cm³/mol. The summed E-state index contributed by atoms with van der Waals surface area (Å²) in [7, 11) is 0. The molecule has 2 heterocycles. The Bertz CT molecular complexity index is 1380. The van der Waals surface area contributed by atoms with Gasteiger partial charge in [0.1, 0.15) is 11.6 Å². The van der Waals surface area contributed by atoms with Crippen LogP contribution >= 0.6 is 0 Å². The zero-order valence-electron chi connectivity index (χ0n) is 22.4. The first-order valence-electron chi connectivity index (χ1n) is 13.2. The lowest BCUT2D eigenvalue weighted by atomic mass is 9.87. The Morgan fingerprint density at radius 1 is 1.08 bits per heavy atom. The van der Waals surface area contributed by atoms with Crippen LogP contribution < -0.4 is 15.4 Å². The Kier molecular flexibility index (Phi) is 9.25. The van der Waals surface area contributed by atoms with Crippen molar-refractivity contribution in [3.63, 3.8) is 0 Å². The van der Waals surface area contributed by atoms with E-state index in [9.17, 15) is 14.0 Å². The minimum absolute atomic E-state index is 0.222. The molecule has 5 rings (SSSR count). The van der Waals surface area contributed by atoms with E-state index in [1.54, 1.807) is 12.3 Å². The monoisotopic (exact) mass is 531 g/mol. The minimum atomic E-state index is -0.379. The number of carbonyl (C=O) groups excluding carboxylic acids is 2. The second-order valence-electron chi connectivity index (χ2n) is 10.0. The van der Waals surface area contributed by atoms with Crippen molar-refractivity contribution in [2.45, 2.75) is 58.5 Å². The van der Waals surface area contributed by atoms with Gasteiger partial charge in [0.05, 0.1) is 11.0 Å². The molecular formula is C30H34FN5O3. The maximum Gasteiger partial charge on any atom is 0.257 e.